The van der Waals surface area contributed by atoms with Crippen LogP contribution in [0.2, 0.25) is 0 Å². The van der Waals surface area contributed by atoms with Crippen molar-refractivity contribution in [2.75, 3.05) is 13.2 Å². The zero-order chi connectivity index (χ0) is 18.5. The van der Waals surface area contributed by atoms with Crippen molar-refractivity contribution < 1.29 is 36.4 Å². The van der Waals surface area contributed by atoms with E-state index in [1.165, 1.54) is 49.7 Å². The zero-order valence-electron chi connectivity index (χ0n) is 16.7. The molecule has 2 rings (SSSR count). The quantitative estimate of drug-likeness (QED) is 0.592. The molecule has 140 valence electrons. The predicted octanol–water partition coefficient (Wildman–Crippen LogP) is 4.46. The van der Waals surface area contributed by atoms with Gasteiger partial charge in [-0.25, -0.2) is 23.3 Å². The van der Waals surface area contributed by atoms with E-state index in [2.05, 4.69) is 50.3 Å². The van der Waals surface area contributed by atoms with Gasteiger partial charge in [0.15, 0.2) is 0 Å². The maximum Gasteiger partial charge on any atom is 4.00 e. The Labute approximate surface area is 175 Å². The molecule has 2 aliphatic carbocycles. The van der Waals surface area contributed by atoms with Gasteiger partial charge < -0.3 is 10.2 Å². The molecular formula is C22H36O2Zr. The van der Waals surface area contributed by atoms with E-state index in [4.69, 9.17) is 10.2 Å². The summed E-state index contributed by atoms with van der Waals surface area (Å²) >= 11 is 0. The summed E-state index contributed by atoms with van der Waals surface area (Å²) in [6.45, 7) is 7.58. The van der Waals surface area contributed by atoms with Crippen molar-refractivity contribution in [3.63, 3.8) is 0 Å². The Bertz CT molecular complexity index is 332. The van der Waals surface area contributed by atoms with E-state index in [-0.39, 0.29) is 39.4 Å². The summed E-state index contributed by atoms with van der Waals surface area (Å²) in [6, 6.07) is 0. The third-order valence-electron chi connectivity index (χ3n) is 3.13. The van der Waals surface area contributed by atoms with Crippen LogP contribution in [0.4, 0.5) is 0 Å². The molecule has 0 aliphatic heterocycles. The number of allylic oxidation sites excluding steroid dienone is 8. The number of unbranched alkanes of at least 4 members (excludes halogenated alkanes) is 2. The van der Waals surface area contributed by atoms with Crippen molar-refractivity contribution >= 4 is 0 Å². The zero-order valence-corrected chi connectivity index (χ0v) is 19.2. The van der Waals surface area contributed by atoms with Gasteiger partial charge in [0, 0.05) is 0 Å². The molecule has 2 aliphatic rings. The Balaban J connectivity index is -0.000000287. The second kappa shape index (κ2) is 26.0. The van der Waals surface area contributed by atoms with Crippen LogP contribution in [0.15, 0.2) is 35.5 Å². The Kier molecular flexibility index (Phi) is 30.7. The third-order valence-corrected chi connectivity index (χ3v) is 3.13. The van der Waals surface area contributed by atoms with Crippen LogP contribution in [0.3, 0.4) is 0 Å². The van der Waals surface area contributed by atoms with E-state index in [0.29, 0.717) is 0 Å². The maximum absolute atomic E-state index is 8.93. The van der Waals surface area contributed by atoms with Crippen LogP contribution in [-0.4, -0.2) is 13.2 Å². The van der Waals surface area contributed by atoms with E-state index in [1.54, 1.807) is 13.8 Å². The molecule has 0 saturated carbocycles. The Morgan fingerprint density at radius 1 is 0.760 bits per heavy atom. The molecule has 0 N–H and O–H groups in total. The molecule has 2 nitrogen and oxygen atoms in total. The molecule has 0 amide bonds. The van der Waals surface area contributed by atoms with Crippen LogP contribution in [-0.2, 0) is 26.2 Å². The topological polar surface area (TPSA) is 46.1 Å². The molecule has 0 heterocycles. The molecule has 0 spiro atoms. The van der Waals surface area contributed by atoms with Crippen molar-refractivity contribution in [1.29, 1.82) is 0 Å². The molecule has 25 heavy (non-hydrogen) atoms. The van der Waals surface area contributed by atoms with Gasteiger partial charge in [-0.1, -0.05) is 66.2 Å². The average Bonchev–Trinajstić information content (AvgIpc) is 3.27. The molecule has 0 unspecified atom stereocenters. The average molecular weight is 424 g/mol. The van der Waals surface area contributed by atoms with E-state index < -0.39 is 0 Å². The minimum Gasteiger partial charge on any atom is -0.855 e. The van der Waals surface area contributed by atoms with E-state index in [0.717, 1.165) is 12.8 Å². The summed E-state index contributed by atoms with van der Waals surface area (Å²) in [4.78, 5) is 0. The molecule has 0 bridgehead atoms. The molecule has 0 radical (unpaired) electrons. The Morgan fingerprint density at radius 3 is 1.28 bits per heavy atom. The fourth-order valence-electron chi connectivity index (χ4n) is 1.98. The molecule has 0 aromatic heterocycles. The molecule has 3 heteroatoms. The fourth-order valence-corrected chi connectivity index (χ4v) is 1.98. The first kappa shape index (κ1) is 29.5. The minimum atomic E-state index is 0. The first-order chi connectivity index (χ1) is 11.7. The monoisotopic (exact) mass is 422 g/mol. The van der Waals surface area contributed by atoms with E-state index >= 15 is 0 Å². The summed E-state index contributed by atoms with van der Waals surface area (Å²) in [7, 11) is 0. The largest absolute Gasteiger partial charge is 4.00 e. The van der Waals surface area contributed by atoms with Gasteiger partial charge in [0.25, 0.3) is 0 Å². The summed E-state index contributed by atoms with van der Waals surface area (Å²) in [5.41, 5.74) is 2.83. The number of hydrogen-bond acceptors (Lipinski definition) is 2. The fraction of sp³-hybridized carbons (Fsp3) is 0.636. The van der Waals surface area contributed by atoms with Gasteiger partial charge in [-0.3, -0.25) is 12.2 Å². The summed E-state index contributed by atoms with van der Waals surface area (Å²) in [5, 5.41) is 17.9. The molecule has 0 aromatic rings. The molecule has 0 aromatic carbocycles. The summed E-state index contributed by atoms with van der Waals surface area (Å²) in [6.07, 6.45) is 25.1. The molecule has 0 saturated heterocycles. The summed E-state index contributed by atoms with van der Waals surface area (Å²) < 4.78 is 0. The summed E-state index contributed by atoms with van der Waals surface area (Å²) in [5.74, 6) is 0. The van der Waals surface area contributed by atoms with Gasteiger partial charge in [0.05, 0.1) is 0 Å². The van der Waals surface area contributed by atoms with Gasteiger partial charge in [-0.15, -0.1) is 26.1 Å². The SMILES string of the molecule is CCCCC1=[C-]CC=C1.CCCCC1=[C-]CC=C1.CC[O-].CC[O-].[Zr+4]. The van der Waals surface area contributed by atoms with Crippen LogP contribution in [0.25, 0.3) is 0 Å². The Hall–Kier alpha value is -0.237. The van der Waals surface area contributed by atoms with Gasteiger partial charge in [-0.2, -0.15) is 12.2 Å². The standard InChI is InChI=1S/2C9H13.2C2H5O.Zr/c2*1-2-3-6-9-7-4-5-8-9;2*1-2-3;/h2*4,7H,2-3,5-6H2,1H3;2*2H2,1H3;/q4*-1;+4. The van der Waals surface area contributed by atoms with Crippen molar-refractivity contribution in [3.8, 4) is 0 Å². The predicted molar refractivity (Wildman–Crippen MR) is 101 cm³/mol. The second-order valence-corrected chi connectivity index (χ2v) is 5.40. The smallest absolute Gasteiger partial charge is 0.855 e. The Morgan fingerprint density at radius 2 is 1.08 bits per heavy atom. The molecule has 0 atom stereocenters. The van der Waals surface area contributed by atoms with Crippen LogP contribution in [0.5, 0.6) is 0 Å². The van der Waals surface area contributed by atoms with Crippen molar-refractivity contribution in [2.45, 2.75) is 79.1 Å². The van der Waals surface area contributed by atoms with Crippen molar-refractivity contribution in [1.82, 2.24) is 0 Å². The number of rotatable bonds is 6. The normalized spacial score (nSPS) is 13.2. The molecule has 0 fully saturated rings. The van der Waals surface area contributed by atoms with Gasteiger partial charge >= 0.3 is 26.2 Å². The van der Waals surface area contributed by atoms with Gasteiger partial charge in [0.2, 0.25) is 0 Å². The van der Waals surface area contributed by atoms with E-state index in [9.17, 15) is 0 Å². The van der Waals surface area contributed by atoms with Crippen LogP contribution in [0, 0.1) is 12.2 Å². The van der Waals surface area contributed by atoms with Crippen LogP contribution >= 0.6 is 0 Å². The van der Waals surface area contributed by atoms with Gasteiger partial charge in [0.1, 0.15) is 0 Å². The van der Waals surface area contributed by atoms with Crippen molar-refractivity contribution in [2.24, 2.45) is 0 Å². The number of hydrogen-bond donors (Lipinski definition) is 0. The first-order valence-corrected chi connectivity index (χ1v) is 9.38. The van der Waals surface area contributed by atoms with Gasteiger partial charge in [-0.05, 0) is 0 Å². The second-order valence-electron chi connectivity index (χ2n) is 5.40. The van der Waals surface area contributed by atoms with Crippen LogP contribution in [0.1, 0.15) is 79.1 Å². The van der Waals surface area contributed by atoms with Crippen molar-refractivity contribution in [3.05, 3.63) is 47.6 Å². The molecular weight excluding hydrogens is 387 g/mol. The minimum absolute atomic E-state index is 0. The van der Waals surface area contributed by atoms with Crippen LogP contribution < -0.4 is 10.2 Å². The third kappa shape index (κ3) is 23.8. The maximum atomic E-state index is 8.93. The van der Waals surface area contributed by atoms with E-state index in [1.807, 2.05) is 0 Å². The first-order valence-electron chi connectivity index (χ1n) is 9.38.